The SMILES string of the molecule is CCC(C)C(NC(=O)C(CC(=O)O)NC(=O)C(N)CC(=O)O)C(=O)NC(C)C(=O)O. The predicted octanol–water partition coefficient (Wildman–Crippen LogP) is -2.13. The summed E-state index contributed by atoms with van der Waals surface area (Å²) in [5.74, 6) is -7.41. The molecular weight excluding hydrogens is 404 g/mol. The minimum Gasteiger partial charge on any atom is -0.481 e. The topological polar surface area (TPSA) is 225 Å². The van der Waals surface area contributed by atoms with Crippen LogP contribution >= 0.6 is 0 Å². The average Bonchev–Trinajstić information content (AvgIpc) is 2.63. The van der Waals surface area contributed by atoms with Gasteiger partial charge >= 0.3 is 17.9 Å². The fourth-order valence-corrected chi connectivity index (χ4v) is 2.26. The van der Waals surface area contributed by atoms with Gasteiger partial charge in [-0.25, -0.2) is 0 Å². The lowest BCUT2D eigenvalue weighted by Gasteiger charge is -2.27. The summed E-state index contributed by atoms with van der Waals surface area (Å²) >= 11 is 0. The lowest BCUT2D eigenvalue weighted by atomic mass is 9.97. The van der Waals surface area contributed by atoms with Gasteiger partial charge < -0.3 is 37.0 Å². The predicted molar refractivity (Wildman–Crippen MR) is 101 cm³/mol. The summed E-state index contributed by atoms with van der Waals surface area (Å²) in [4.78, 5) is 69.6. The van der Waals surface area contributed by atoms with Gasteiger partial charge in [-0.1, -0.05) is 20.3 Å². The molecule has 0 aliphatic rings. The molecule has 0 saturated carbocycles. The first-order valence-electron chi connectivity index (χ1n) is 9.13. The molecule has 0 aromatic rings. The zero-order chi connectivity index (χ0) is 23.6. The van der Waals surface area contributed by atoms with E-state index in [1.54, 1.807) is 13.8 Å². The van der Waals surface area contributed by atoms with Gasteiger partial charge in [0, 0.05) is 0 Å². The summed E-state index contributed by atoms with van der Waals surface area (Å²) in [6.45, 7) is 4.57. The largest absolute Gasteiger partial charge is 0.481 e. The molecule has 170 valence electrons. The van der Waals surface area contributed by atoms with Crippen molar-refractivity contribution in [3.8, 4) is 0 Å². The number of nitrogens with two attached hydrogens (primary N) is 1. The van der Waals surface area contributed by atoms with Gasteiger partial charge in [-0.2, -0.15) is 0 Å². The van der Waals surface area contributed by atoms with E-state index in [0.717, 1.165) is 0 Å². The summed E-state index contributed by atoms with van der Waals surface area (Å²) in [6.07, 6.45) is -1.17. The number of nitrogens with one attached hydrogen (secondary N) is 3. The normalized spacial score (nSPS) is 15.6. The van der Waals surface area contributed by atoms with Crippen LogP contribution in [0.25, 0.3) is 0 Å². The molecule has 0 aliphatic heterocycles. The zero-order valence-corrected chi connectivity index (χ0v) is 16.9. The van der Waals surface area contributed by atoms with Gasteiger partial charge in [-0.15, -0.1) is 0 Å². The third-order valence-electron chi connectivity index (χ3n) is 4.27. The van der Waals surface area contributed by atoms with Crippen molar-refractivity contribution in [3.63, 3.8) is 0 Å². The van der Waals surface area contributed by atoms with Crippen LogP contribution in [0.4, 0.5) is 0 Å². The quantitative estimate of drug-likeness (QED) is 0.167. The Bertz CT molecular complexity index is 682. The summed E-state index contributed by atoms with van der Waals surface area (Å²) in [5.41, 5.74) is 5.41. The highest BCUT2D eigenvalue weighted by atomic mass is 16.4. The van der Waals surface area contributed by atoms with Crippen molar-refractivity contribution in [1.82, 2.24) is 16.0 Å². The third-order valence-corrected chi connectivity index (χ3v) is 4.27. The van der Waals surface area contributed by atoms with Gasteiger partial charge in [0.25, 0.3) is 0 Å². The maximum Gasteiger partial charge on any atom is 0.325 e. The molecule has 0 saturated heterocycles. The Morgan fingerprint density at radius 2 is 1.33 bits per heavy atom. The second-order valence-electron chi connectivity index (χ2n) is 6.80. The van der Waals surface area contributed by atoms with E-state index in [4.69, 9.17) is 21.1 Å². The summed E-state index contributed by atoms with van der Waals surface area (Å²) in [7, 11) is 0. The first-order chi connectivity index (χ1) is 13.8. The van der Waals surface area contributed by atoms with E-state index in [-0.39, 0.29) is 0 Å². The maximum atomic E-state index is 12.6. The van der Waals surface area contributed by atoms with E-state index >= 15 is 0 Å². The van der Waals surface area contributed by atoms with Crippen molar-refractivity contribution < 1.29 is 44.1 Å². The molecule has 5 unspecified atom stereocenters. The molecule has 0 fully saturated rings. The monoisotopic (exact) mass is 432 g/mol. The Balaban J connectivity index is 5.44. The lowest BCUT2D eigenvalue weighted by molar-refractivity contribution is -0.143. The van der Waals surface area contributed by atoms with E-state index in [1.165, 1.54) is 6.92 Å². The summed E-state index contributed by atoms with van der Waals surface area (Å²) in [6, 6.07) is -5.59. The van der Waals surface area contributed by atoms with Crippen LogP contribution in [-0.2, 0) is 28.8 Å². The molecule has 0 aromatic carbocycles. The van der Waals surface area contributed by atoms with E-state index in [1.807, 2.05) is 0 Å². The van der Waals surface area contributed by atoms with Crippen molar-refractivity contribution in [3.05, 3.63) is 0 Å². The molecule has 0 heterocycles. The highest BCUT2D eigenvalue weighted by Gasteiger charge is 2.33. The highest BCUT2D eigenvalue weighted by molar-refractivity contribution is 5.96. The Kier molecular flexibility index (Phi) is 11.0. The van der Waals surface area contributed by atoms with Crippen molar-refractivity contribution >= 4 is 35.6 Å². The molecule has 3 amide bonds. The number of rotatable bonds is 13. The number of carbonyl (C=O) groups is 6. The Morgan fingerprint density at radius 1 is 0.800 bits per heavy atom. The molecule has 5 atom stereocenters. The van der Waals surface area contributed by atoms with E-state index < -0.39 is 78.6 Å². The Morgan fingerprint density at radius 3 is 1.77 bits per heavy atom. The van der Waals surface area contributed by atoms with Gasteiger partial charge in [0.15, 0.2) is 0 Å². The van der Waals surface area contributed by atoms with Gasteiger partial charge in [0.05, 0.1) is 18.9 Å². The first kappa shape index (κ1) is 26.8. The molecule has 30 heavy (non-hydrogen) atoms. The van der Waals surface area contributed by atoms with Crippen LogP contribution in [0.3, 0.4) is 0 Å². The summed E-state index contributed by atoms with van der Waals surface area (Å²) < 4.78 is 0. The number of carboxylic acid groups (broad SMARTS) is 3. The smallest absolute Gasteiger partial charge is 0.325 e. The lowest BCUT2D eigenvalue weighted by Crippen LogP contribution is -2.58. The molecule has 0 bridgehead atoms. The number of carboxylic acids is 3. The van der Waals surface area contributed by atoms with Gasteiger partial charge in [0.2, 0.25) is 17.7 Å². The van der Waals surface area contributed by atoms with Crippen molar-refractivity contribution in [2.45, 2.75) is 64.2 Å². The van der Waals surface area contributed by atoms with Crippen LogP contribution in [0.5, 0.6) is 0 Å². The summed E-state index contributed by atoms with van der Waals surface area (Å²) in [5, 5.41) is 33.2. The molecule has 8 N–H and O–H groups in total. The minimum atomic E-state index is -1.63. The molecular formula is C17H28N4O9. The van der Waals surface area contributed by atoms with E-state index in [2.05, 4.69) is 16.0 Å². The second kappa shape index (κ2) is 12.4. The number of carbonyl (C=O) groups excluding carboxylic acids is 3. The minimum absolute atomic E-state index is 0.416. The average molecular weight is 432 g/mol. The first-order valence-corrected chi connectivity index (χ1v) is 9.13. The van der Waals surface area contributed by atoms with Crippen LogP contribution < -0.4 is 21.7 Å². The number of hydrogen-bond donors (Lipinski definition) is 7. The van der Waals surface area contributed by atoms with Crippen LogP contribution in [0.15, 0.2) is 0 Å². The van der Waals surface area contributed by atoms with Crippen molar-refractivity contribution in [2.75, 3.05) is 0 Å². The number of amides is 3. The van der Waals surface area contributed by atoms with Crippen LogP contribution in [0.1, 0.15) is 40.0 Å². The molecule has 0 aliphatic carbocycles. The van der Waals surface area contributed by atoms with E-state index in [9.17, 15) is 28.8 Å². The van der Waals surface area contributed by atoms with Crippen LogP contribution in [-0.4, -0.2) is 75.1 Å². The fraction of sp³-hybridized carbons (Fsp3) is 0.647. The van der Waals surface area contributed by atoms with Crippen LogP contribution in [0, 0.1) is 5.92 Å². The Hall–Kier alpha value is -3.22. The Labute approximate surface area is 172 Å². The van der Waals surface area contributed by atoms with E-state index in [0.29, 0.717) is 6.42 Å². The van der Waals surface area contributed by atoms with Crippen molar-refractivity contribution in [2.24, 2.45) is 11.7 Å². The molecule has 13 nitrogen and oxygen atoms in total. The van der Waals surface area contributed by atoms with Crippen LogP contribution in [0.2, 0.25) is 0 Å². The standard InChI is InChI=1S/C17H28N4O9/c1-4-7(2)13(16(28)19-8(3)17(29)30)21-15(27)10(6-12(24)25)20-14(26)9(18)5-11(22)23/h7-10,13H,4-6,18H2,1-3H3,(H,19,28)(H,20,26)(H,21,27)(H,22,23)(H,24,25)(H,29,30). The number of aliphatic carboxylic acids is 3. The highest BCUT2D eigenvalue weighted by Crippen LogP contribution is 2.09. The number of hydrogen-bond acceptors (Lipinski definition) is 7. The second-order valence-corrected chi connectivity index (χ2v) is 6.80. The van der Waals surface area contributed by atoms with Gasteiger partial charge in [-0.3, -0.25) is 28.8 Å². The zero-order valence-electron chi connectivity index (χ0n) is 16.9. The fourth-order valence-electron chi connectivity index (χ4n) is 2.26. The molecule has 0 spiro atoms. The molecule has 0 rings (SSSR count). The maximum absolute atomic E-state index is 12.6. The third kappa shape index (κ3) is 9.32. The molecule has 13 heteroatoms. The molecule has 0 aromatic heterocycles. The molecule has 0 radical (unpaired) electrons. The van der Waals surface area contributed by atoms with Crippen molar-refractivity contribution in [1.29, 1.82) is 0 Å². The van der Waals surface area contributed by atoms with Gasteiger partial charge in [0.1, 0.15) is 18.1 Å². The van der Waals surface area contributed by atoms with Gasteiger partial charge in [-0.05, 0) is 12.8 Å².